The Morgan fingerprint density at radius 1 is 0.365 bits per heavy atom. The Bertz CT molecular complexity index is 2950. The Balaban J connectivity index is 1.28. The van der Waals surface area contributed by atoms with Gasteiger partial charge < -0.3 is 4.42 Å². The lowest BCUT2D eigenvalue weighted by Crippen LogP contribution is -2.29. The molecule has 0 radical (unpaired) electrons. The molecule has 1 aliphatic carbocycles. The lowest BCUT2D eigenvalue weighted by atomic mass is 9.66. The highest BCUT2D eigenvalue weighted by Gasteiger charge is 2.48. The maximum absolute atomic E-state index is 6.75. The van der Waals surface area contributed by atoms with E-state index in [1.807, 2.05) is 0 Å². The van der Waals surface area contributed by atoms with Crippen LogP contribution in [0.5, 0.6) is 0 Å². The summed E-state index contributed by atoms with van der Waals surface area (Å²) in [7, 11) is 0. The summed E-state index contributed by atoms with van der Waals surface area (Å²) in [6, 6.07) is 71.1. The fourth-order valence-electron chi connectivity index (χ4n) is 9.08. The molecule has 0 saturated carbocycles. The van der Waals surface area contributed by atoms with Crippen molar-refractivity contribution in [2.75, 3.05) is 0 Å². The van der Waals surface area contributed by atoms with Gasteiger partial charge in [-0.15, -0.1) is 0 Å². The van der Waals surface area contributed by atoms with Gasteiger partial charge in [-0.2, -0.15) is 0 Å². The van der Waals surface area contributed by atoms with E-state index in [1.54, 1.807) is 0 Å². The lowest BCUT2D eigenvalue weighted by Gasteiger charge is -2.35. The van der Waals surface area contributed by atoms with Gasteiger partial charge in [0.25, 0.3) is 0 Å². The van der Waals surface area contributed by atoms with E-state index in [2.05, 4.69) is 194 Å². The van der Waals surface area contributed by atoms with Crippen molar-refractivity contribution in [2.24, 2.45) is 0 Å². The van der Waals surface area contributed by atoms with Gasteiger partial charge in [0, 0.05) is 16.2 Å². The number of hydrogen-bond acceptors (Lipinski definition) is 1. The molecule has 0 N–H and O–H groups in total. The van der Waals surface area contributed by atoms with E-state index in [1.165, 1.54) is 66.2 Å². The maximum atomic E-state index is 6.75. The minimum Gasteiger partial charge on any atom is -0.455 e. The standard InChI is InChI=1S/C51H32O/c1-4-14-33(15-5-1)35-25-29-44-46(31-35)51(38-18-6-2-7-19-38,39-20-8-3-9-21-39)49-40-22-12-11-17-36(40)30-45(48(44)49)37-26-27-42-43-28-24-34-16-10-13-23-41(34)50(43)52-47(42)32-37/h1-32H. The summed E-state index contributed by atoms with van der Waals surface area (Å²) in [6.45, 7) is 0. The molecule has 0 atom stereocenters. The number of benzene rings is 9. The van der Waals surface area contributed by atoms with Gasteiger partial charge in [-0.05, 0) is 102 Å². The van der Waals surface area contributed by atoms with Crippen molar-refractivity contribution in [2.45, 2.75) is 5.41 Å². The molecule has 242 valence electrons. The van der Waals surface area contributed by atoms with Crippen LogP contribution >= 0.6 is 0 Å². The van der Waals surface area contributed by atoms with E-state index >= 15 is 0 Å². The fraction of sp³-hybridized carbons (Fsp3) is 0.0196. The van der Waals surface area contributed by atoms with E-state index in [-0.39, 0.29) is 0 Å². The first-order chi connectivity index (χ1) is 25.8. The van der Waals surface area contributed by atoms with Crippen LogP contribution in [0.15, 0.2) is 199 Å². The molecule has 0 saturated heterocycles. The summed E-state index contributed by atoms with van der Waals surface area (Å²) in [6.07, 6.45) is 0. The molecule has 0 amide bonds. The minimum absolute atomic E-state index is 0.560. The second-order valence-electron chi connectivity index (χ2n) is 14.0. The molecule has 0 aliphatic heterocycles. The van der Waals surface area contributed by atoms with Gasteiger partial charge in [-0.25, -0.2) is 0 Å². The van der Waals surface area contributed by atoms with Crippen LogP contribution in [0.2, 0.25) is 0 Å². The number of rotatable bonds is 4. The Labute approximate surface area is 302 Å². The fourth-order valence-corrected chi connectivity index (χ4v) is 9.08. The van der Waals surface area contributed by atoms with Crippen LogP contribution in [0, 0.1) is 0 Å². The van der Waals surface area contributed by atoms with E-state index in [0.717, 1.165) is 32.9 Å². The van der Waals surface area contributed by atoms with Crippen LogP contribution < -0.4 is 0 Å². The Morgan fingerprint density at radius 3 is 1.73 bits per heavy atom. The number of fused-ring (bicyclic) bond motifs is 10. The second-order valence-corrected chi connectivity index (χ2v) is 14.0. The summed E-state index contributed by atoms with van der Waals surface area (Å²) < 4.78 is 6.75. The molecule has 1 aliphatic rings. The predicted molar refractivity (Wildman–Crippen MR) is 217 cm³/mol. The first kappa shape index (κ1) is 29.1. The van der Waals surface area contributed by atoms with Gasteiger partial charge in [0.1, 0.15) is 11.2 Å². The molecular formula is C51H32O. The van der Waals surface area contributed by atoms with Gasteiger partial charge in [0.2, 0.25) is 0 Å². The molecule has 0 unspecified atom stereocenters. The molecule has 0 fully saturated rings. The summed E-state index contributed by atoms with van der Waals surface area (Å²) in [5.41, 5.74) is 13.8. The first-order valence-corrected chi connectivity index (χ1v) is 18.0. The van der Waals surface area contributed by atoms with Gasteiger partial charge in [-0.3, -0.25) is 0 Å². The molecule has 1 heteroatoms. The van der Waals surface area contributed by atoms with E-state index in [0.29, 0.717) is 0 Å². The third-order valence-electron chi connectivity index (χ3n) is 11.3. The van der Waals surface area contributed by atoms with Crippen molar-refractivity contribution in [3.05, 3.63) is 216 Å². The van der Waals surface area contributed by atoms with E-state index in [4.69, 9.17) is 4.42 Å². The average molecular weight is 661 g/mol. The van der Waals surface area contributed by atoms with Crippen molar-refractivity contribution < 1.29 is 4.42 Å². The highest BCUT2D eigenvalue weighted by atomic mass is 16.3. The zero-order valence-corrected chi connectivity index (χ0v) is 28.4. The quantitative estimate of drug-likeness (QED) is 0.183. The topological polar surface area (TPSA) is 13.1 Å². The van der Waals surface area contributed by atoms with Crippen molar-refractivity contribution in [1.82, 2.24) is 0 Å². The summed E-state index contributed by atoms with van der Waals surface area (Å²) >= 11 is 0. The smallest absolute Gasteiger partial charge is 0.143 e. The molecule has 52 heavy (non-hydrogen) atoms. The van der Waals surface area contributed by atoms with Crippen molar-refractivity contribution in [3.63, 3.8) is 0 Å². The normalized spacial score (nSPS) is 13.2. The highest BCUT2D eigenvalue weighted by molar-refractivity contribution is 6.16. The van der Waals surface area contributed by atoms with Crippen LogP contribution in [-0.2, 0) is 5.41 Å². The van der Waals surface area contributed by atoms with Crippen molar-refractivity contribution in [1.29, 1.82) is 0 Å². The first-order valence-electron chi connectivity index (χ1n) is 18.0. The van der Waals surface area contributed by atoms with Gasteiger partial charge >= 0.3 is 0 Å². The largest absolute Gasteiger partial charge is 0.455 e. The Hall–Kier alpha value is -6.70. The monoisotopic (exact) mass is 660 g/mol. The third-order valence-corrected chi connectivity index (χ3v) is 11.3. The number of furan rings is 1. The van der Waals surface area contributed by atoms with Gasteiger partial charge in [0.05, 0.1) is 5.41 Å². The Morgan fingerprint density at radius 2 is 0.981 bits per heavy atom. The molecule has 9 aromatic carbocycles. The zero-order valence-electron chi connectivity index (χ0n) is 28.4. The zero-order chi connectivity index (χ0) is 34.2. The molecule has 11 rings (SSSR count). The molecule has 1 nitrogen and oxygen atoms in total. The summed E-state index contributed by atoms with van der Waals surface area (Å²) in [4.78, 5) is 0. The minimum atomic E-state index is -0.560. The van der Waals surface area contributed by atoms with Crippen LogP contribution in [0.4, 0.5) is 0 Å². The van der Waals surface area contributed by atoms with E-state index in [9.17, 15) is 0 Å². The van der Waals surface area contributed by atoms with E-state index < -0.39 is 5.41 Å². The molecule has 10 aromatic rings. The van der Waals surface area contributed by atoms with Crippen molar-refractivity contribution >= 4 is 43.5 Å². The van der Waals surface area contributed by atoms with Crippen molar-refractivity contribution in [3.8, 4) is 33.4 Å². The second kappa shape index (κ2) is 11.2. The lowest BCUT2D eigenvalue weighted by molar-refractivity contribution is 0.673. The summed E-state index contributed by atoms with van der Waals surface area (Å²) in [5, 5.41) is 7.10. The van der Waals surface area contributed by atoms with Crippen LogP contribution in [-0.4, -0.2) is 0 Å². The van der Waals surface area contributed by atoms with Gasteiger partial charge in [-0.1, -0.05) is 164 Å². The highest BCUT2D eigenvalue weighted by Crippen LogP contribution is 2.61. The van der Waals surface area contributed by atoms with Crippen LogP contribution in [0.1, 0.15) is 22.3 Å². The van der Waals surface area contributed by atoms with Crippen LogP contribution in [0.25, 0.3) is 76.9 Å². The van der Waals surface area contributed by atoms with Crippen LogP contribution in [0.3, 0.4) is 0 Å². The SMILES string of the molecule is c1ccc(-c2ccc3c(c2)C(c2ccccc2)(c2ccccc2)c2c-3c(-c3ccc4c(c3)oc3c5ccccc5ccc43)cc3ccccc23)cc1. The predicted octanol–water partition coefficient (Wildman–Crippen LogP) is 13.6. The number of hydrogen-bond donors (Lipinski definition) is 0. The molecule has 1 heterocycles. The molecular weight excluding hydrogens is 629 g/mol. The third kappa shape index (κ3) is 4.05. The molecule has 0 spiro atoms. The Kier molecular flexibility index (Phi) is 6.23. The molecule has 1 aromatic heterocycles. The van der Waals surface area contributed by atoms with Gasteiger partial charge in [0.15, 0.2) is 0 Å². The molecule has 0 bridgehead atoms. The summed E-state index contributed by atoms with van der Waals surface area (Å²) in [5.74, 6) is 0. The average Bonchev–Trinajstić information content (AvgIpc) is 3.75. The maximum Gasteiger partial charge on any atom is 0.143 e.